The molecule has 5 heteroatoms. The van der Waals surface area contributed by atoms with Crippen molar-refractivity contribution in [1.29, 1.82) is 0 Å². The van der Waals surface area contributed by atoms with Crippen LogP contribution in [0.5, 0.6) is 0 Å². The number of benzene rings is 2. The van der Waals surface area contributed by atoms with Crippen molar-refractivity contribution in [2.75, 3.05) is 11.4 Å². The molecular weight excluding hydrogens is 279 g/mol. The van der Waals surface area contributed by atoms with Crippen LogP contribution in [0, 0.1) is 5.92 Å². The second-order valence-electron chi connectivity index (χ2n) is 5.29. The molecule has 2 aromatic carbocycles. The summed E-state index contributed by atoms with van der Waals surface area (Å²) in [6.45, 7) is 0.341. The summed E-state index contributed by atoms with van der Waals surface area (Å²) in [5.74, 6) is -1.38. The van der Waals surface area contributed by atoms with E-state index in [9.17, 15) is 18.0 Å². The van der Waals surface area contributed by atoms with Gasteiger partial charge in [-0.2, -0.15) is 13.2 Å². The Kier molecular flexibility index (Phi) is 3.35. The fourth-order valence-electron chi connectivity index (χ4n) is 2.89. The first-order valence-corrected chi connectivity index (χ1v) is 6.81. The molecule has 1 heterocycles. The lowest BCUT2D eigenvalue weighted by Gasteiger charge is -2.19. The molecule has 2 nitrogen and oxygen atoms in total. The summed E-state index contributed by atoms with van der Waals surface area (Å²) in [6, 6.07) is 13.1. The minimum atomic E-state index is -4.30. The molecular formula is C16H14F3NO. The molecule has 2 aromatic rings. The highest BCUT2D eigenvalue weighted by Gasteiger charge is 2.41. The molecule has 0 unspecified atom stereocenters. The molecule has 21 heavy (non-hydrogen) atoms. The standard InChI is InChI=1S/C16H14F3NO/c17-16(18,19)10-12-8-9-20(15(12)21)14-7-3-5-11-4-1-2-6-13(11)14/h1-7,12H,8-10H2/t12-/m0/s1. The van der Waals surface area contributed by atoms with E-state index in [1.807, 2.05) is 36.4 Å². The molecule has 0 saturated carbocycles. The zero-order chi connectivity index (χ0) is 15.0. The van der Waals surface area contributed by atoms with Crippen molar-refractivity contribution in [3.63, 3.8) is 0 Å². The van der Waals surface area contributed by atoms with Gasteiger partial charge in [0.25, 0.3) is 0 Å². The summed E-state index contributed by atoms with van der Waals surface area (Å²) in [5, 5.41) is 1.86. The SMILES string of the molecule is O=C1[C@H](CC(F)(F)F)CCN1c1cccc2ccccc12. The van der Waals surface area contributed by atoms with Crippen LogP contribution in [0.25, 0.3) is 10.8 Å². The van der Waals surface area contributed by atoms with E-state index in [0.717, 1.165) is 10.8 Å². The Labute approximate surface area is 120 Å². The second-order valence-corrected chi connectivity index (χ2v) is 5.29. The number of anilines is 1. The zero-order valence-electron chi connectivity index (χ0n) is 11.2. The van der Waals surface area contributed by atoms with E-state index in [0.29, 0.717) is 12.2 Å². The second kappa shape index (κ2) is 5.06. The quantitative estimate of drug-likeness (QED) is 0.814. The summed E-state index contributed by atoms with van der Waals surface area (Å²) < 4.78 is 37.5. The van der Waals surface area contributed by atoms with Gasteiger partial charge in [-0.3, -0.25) is 4.79 Å². The van der Waals surface area contributed by atoms with Gasteiger partial charge in [-0.1, -0.05) is 36.4 Å². The van der Waals surface area contributed by atoms with Crippen LogP contribution in [0.2, 0.25) is 0 Å². The molecule has 1 saturated heterocycles. The first kappa shape index (κ1) is 13.9. The van der Waals surface area contributed by atoms with Gasteiger partial charge in [-0.25, -0.2) is 0 Å². The Morgan fingerprint density at radius 3 is 2.57 bits per heavy atom. The van der Waals surface area contributed by atoms with Crippen molar-refractivity contribution in [1.82, 2.24) is 0 Å². The highest BCUT2D eigenvalue weighted by Crippen LogP contribution is 2.36. The average Bonchev–Trinajstić information content (AvgIpc) is 2.78. The van der Waals surface area contributed by atoms with Gasteiger partial charge < -0.3 is 4.90 Å². The van der Waals surface area contributed by atoms with Gasteiger partial charge in [-0.05, 0) is 17.9 Å². The highest BCUT2D eigenvalue weighted by atomic mass is 19.4. The average molecular weight is 293 g/mol. The van der Waals surface area contributed by atoms with E-state index >= 15 is 0 Å². The minimum Gasteiger partial charge on any atom is -0.312 e. The fourth-order valence-corrected chi connectivity index (χ4v) is 2.89. The normalized spacial score (nSPS) is 19.5. The van der Waals surface area contributed by atoms with Gasteiger partial charge in [0.05, 0.1) is 12.1 Å². The van der Waals surface area contributed by atoms with Crippen LogP contribution in [-0.2, 0) is 4.79 Å². The number of rotatable bonds is 2. The van der Waals surface area contributed by atoms with E-state index in [2.05, 4.69) is 0 Å². The smallest absolute Gasteiger partial charge is 0.312 e. The number of hydrogen-bond donors (Lipinski definition) is 0. The summed E-state index contributed by atoms with van der Waals surface area (Å²) in [5.41, 5.74) is 0.697. The Bertz CT molecular complexity index is 675. The molecule has 1 atom stereocenters. The molecule has 0 bridgehead atoms. The van der Waals surface area contributed by atoms with Crippen molar-refractivity contribution >= 4 is 22.4 Å². The molecule has 110 valence electrons. The predicted octanol–water partition coefficient (Wildman–Crippen LogP) is 4.15. The van der Waals surface area contributed by atoms with Gasteiger partial charge in [0.15, 0.2) is 0 Å². The molecule has 1 fully saturated rings. The van der Waals surface area contributed by atoms with Gasteiger partial charge in [0.2, 0.25) is 5.91 Å². The Morgan fingerprint density at radius 2 is 1.81 bits per heavy atom. The van der Waals surface area contributed by atoms with Crippen LogP contribution in [0.1, 0.15) is 12.8 Å². The van der Waals surface area contributed by atoms with Gasteiger partial charge in [0, 0.05) is 17.8 Å². The third kappa shape index (κ3) is 2.73. The lowest BCUT2D eigenvalue weighted by Crippen LogP contribution is -2.29. The minimum absolute atomic E-state index is 0.252. The van der Waals surface area contributed by atoms with E-state index < -0.39 is 24.4 Å². The van der Waals surface area contributed by atoms with Gasteiger partial charge >= 0.3 is 6.18 Å². The summed E-state index contributed by atoms with van der Waals surface area (Å²) >= 11 is 0. The Morgan fingerprint density at radius 1 is 1.10 bits per heavy atom. The number of halogens is 3. The molecule has 0 spiro atoms. The number of hydrogen-bond acceptors (Lipinski definition) is 1. The monoisotopic (exact) mass is 293 g/mol. The van der Waals surface area contributed by atoms with Gasteiger partial charge in [-0.15, -0.1) is 0 Å². The molecule has 0 aromatic heterocycles. The number of alkyl halides is 3. The predicted molar refractivity (Wildman–Crippen MR) is 75.1 cm³/mol. The summed E-state index contributed by atoms with van der Waals surface area (Å²) in [4.78, 5) is 13.7. The number of fused-ring (bicyclic) bond motifs is 1. The Balaban J connectivity index is 1.92. The first-order valence-electron chi connectivity index (χ1n) is 6.81. The zero-order valence-corrected chi connectivity index (χ0v) is 11.2. The van der Waals surface area contributed by atoms with Crippen molar-refractivity contribution < 1.29 is 18.0 Å². The third-order valence-corrected chi connectivity index (χ3v) is 3.85. The Hall–Kier alpha value is -2.04. The maximum Gasteiger partial charge on any atom is 0.389 e. The van der Waals surface area contributed by atoms with Gasteiger partial charge in [0.1, 0.15) is 0 Å². The van der Waals surface area contributed by atoms with Crippen LogP contribution in [0.15, 0.2) is 42.5 Å². The van der Waals surface area contributed by atoms with Crippen molar-refractivity contribution in [3.8, 4) is 0 Å². The van der Waals surface area contributed by atoms with Crippen LogP contribution in [0.3, 0.4) is 0 Å². The van der Waals surface area contributed by atoms with E-state index in [1.165, 1.54) is 4.90 Å². The van der Waals surface area contributed by atoms with Crippen molar-refractivity contribution in [3.05, 3.63) is 42.5 Å². The van der Waals surface area contributed by atoms with Crippen LogP contribution < -0.4 is 4.90 Å². The maximum absolute atomic E-state index is 12.5. The molecule has 3 rings (SSSR count). The molecule has 1 aliphatic rings. The fraction of sp³-hybridized carbons (Fsp3) is 0.312. The molecule has 0 aliphatic carbocycles. The molecule has 0 N–H and O–H groups in total. The first-order chi connectivity index (χ1) is 9.96. The summed E-state index contributed by atoms with van der Waals surface area (Å²) in [7, 11) is 0. The topological polar surface area (TPSA) is 20.3 Å². The third-order valence-electron chi connectivity index (χ3n) is 3.85. The lowest BCUT2D eigenvalue weighted by atomic mass is 10.0. The van der Waals surface area contributed by atoms with E-state index in [4.69, 9.17) is 0 Å². The largest absolute Gasteiger partial charge is 0.389 e. The lowest BCUT2D eigenvalue weighted by molar-refractivity contribution is -0.151. The van der Waals surface area contributed by atoms with Crippen LogP contribution >= 0.6 is 0 Å². The van der Waals surface area contributed by atoms with E-state index in [-0.39, 0.29) is 6.42 Å². The maximum atomic E-state index is 12.5. The van der Waals surface area contributed by atoms with Crippen LogP contribution in [0.4, 0.5) is 18.9 Å². The number of nitrogens with zero attached hydrogens (tertiary/aromatic N) is 1. The highest BCUT2D eigenvalue weighted by molar-refractivity contribution is 6.05. The number of carbonyl (C=O) groups excluding carboxylic acids is 1. The molecule has 1 amide bonds. The van der Waals surface area contributed by atoms with E-state index in [1.54, 1.807) is 6.07 Å². The van der Waals surface area contributed by atoms with Crippen molar-refractivity contribution in [2.45, 2.75) is 19.0 Å². The number of carbonyl (C=O) groups is 1. The van der Waals surface area contributed by atoms with Crippen LogP contribution in [-0.4, -0.2) is 18.6 Å². The van der Waals surface area contributed by atoms with Crippen molar-refractivity contribution in [2.24, 2.45) is 5.92 Å². The molecule has 0 radical (unpaired) electrons. The number of amides is 1. The summed E-state index contributed by atoms with van der Waals surface area (Å²) in [6.07, 6.45) is -5.08. The molecule has 1 aliphatic heterocycles.